The Balaban J connectivity index is 0.00000121. The molecule has 0 amide bonds. The van der Waals surface area contributed by atoms with Gasteiger partial charge in [0.05, 0.1) is 0 Å². The van der Waals surface area contributed by atoms with E-state index in [-0.39, 0.29) is 35.2 Å². The molecule has 2 N–H and O–H groups in total. The van der Waals surface area contributed by atoms with Crippen LogP contribution in [0.4, 0.5) is 0 Å². The summed E-state index contributed by atoms with van der Waals surface area (Å²) in [6, 6.07) is 0. The van der Waals surface area contributed by atoms with Crippen LogP contribution in [0.1, 0.15) is 25.7 Å². The van der Waals surface area contributed by atoms with Crippen LogP contribution in [-0.2, 0) is 32.0 Å². The molecule has 1 saturated carbocycles. The molecule has 1 radical (unpaired) electrons. The Labute approximate surface area is 85.5 Å². The molecule has 0 aromatic heterocycles. The van der Waals surface area contributed by atoms with Crippen molar-refractivity contribution < 1.29 is 42.2 Å². The number of carboxylic acids is 2. The van der Waals surface area contributed by atoms with Gasteiger partial charge in [-0.15, -0.1) is 0 Å². The van der Waals surface area contributed by atoms with E-state index in [1.807, 2.05) is 0 Å². The Kier molecular flexibility index (Phi) is 3.96. The van der Waals surface area contributed by atoms with E-state index >= 15 is 0 Å². The average Bonchev–Trinajstić information content (AvgIpc) is 2.34. The predicted octanol–water partition coefficient (Wildman–Crippen LogP) is 0.713. The van der Waals surface area contributed by atoms with E-state index in [1.54, 1.807) is 0 Å². The third kappa shape index (κ3) is 1.71. The van der Waals surface area contributed by atoms with Crippen LogP contribution in [-0.4, -0.2) is 22.2 Å². The molecule has 0 atom stereocenters. The van der Waals surface area contributed by atoms with Gasteiger partial charge < -0.3 is 10.2 Å². The topological polar surface area (TPSA) is 74.6 Å². The van der Waals surface area contributed by atoms with Crippen molar-refractivity contribution in [1.82, 2.24) is 0 Å². The van der Waals surface area contributed by atoms with Gasteiger partial charge in [0.2, 0.25) is 0 Å². The number of carboxylic acid groups (broad SMARTS) is 2. The molecule has 0 aromatic carbocycles. The van der Waals surface area contributed by atoms with Gasteiger partial charge in [-0.25, -0.2) is 0 Å². The minimum absolute atomic E-state index is 0. The maximum atomic E-state index is 10.6. The van der Waals surface area contributed by atoms with Crippen LogP contribution in [0.5, 0.6) is 0 Å². The summed E-state index contributed by atoms with van der Waals surface area (Å²) in [5, 5.41) is 17.3. The molecule has 73 valence electrons. The van der Waals surface area contributed by atoms with Crippen molar-refractivity contribution in [3.05, 3.63) is 0 Å². The monoisotopic (exact) mass is 265 g/mol. The maximum Gasteiger partial charge on any atom is 0.321 e. The fourth-order valence-electron chi connectivity index (χ4n) is 1.50. The van der Waals surface area contributed by atoms with Crippen molar-refractivity contribution in [3.8, 4) is 0 Å². The molecular formula is C7H10AgO4. The van der Waals surface area contributed by atoms with E-state index in [0.29, 0.717) is 12.8 Å². The minimum atomic E-state index is -1.47. The normalized spacial score (nSPS) is 19.7. The minimum Gasteiger partial charge on any atom is -0.480 e. The second-order valence-corrected chi connectivity index (χ2v) is 2.90. The van der Waals surface area contributed by atoms with Gasteiger partial charge in [-0.1, -0.05) is 12.8 Å². The third-order valence-electron chi connectivity index (χ3n) is 2.28. The fraction of sp³-hybridized carbons (Fsp3) is 0.714. The first-order valence-corrected chi connectivity index (χ1v) is 3.56. The Hall–Kier alpha value is -0.320. The van der Waals surface area contributed by atoms with Crippen LogP contribution in [0.2, 0.25) is 0 Å². The molecule has 5 heteroatoms. The van der Waals surface area contributed by atoms with Crippen molar-refractivity contribution in [1.29, 1.82) is 0 Å². The van der Waals surface area contributed by atoms with Gasteiger partial charge in [0, 0.05) is 22.4 Å². The Morgan fingerprint density at radius 2 is 1.33 bits per heavy atom. The molecule has 0 aromatic rings. The van der Waals surface area contributed by atoms with Crippen molar-refractivity contribution in [2.75, 3.05) is 0 Å². The third-order valence-corrected chi connectivity index (χ3v) is 2.28. The smallest absolute Gasteiger partial charge is 0.321 e. The molecule has 1 fully saturated rings. The zero-order chi connectivity index (χ0) is 8.48. The maximum absolute atomic E-state index is 10.6. The molecule has 4 nitrogen and oxygen atoms in total. The summed E-state index contributed by atoms with van der Waals surface area (Å²) in [7, 11) is 0. The summed E-state index contributed by atoms with van der Waals surface area (Å²) in [6.45, 7) is 0. The molecule has 0 aliphatic heterocycles. The first kappa shape index (κ1) is 11.7. The summed E-state index contributed by atoms with van der Waals surface area (Å²) in [5.74, 6) is -2.38. The SMILES string of the molecule is O=C(O)C1(C(=O)O)CCCC1.[Ag]. The van der Waals surface area contributed by atoms with Crippen LogP contribution in [0, 0.1) is 5.41 Å². The van der Waals surface area contributed by atoms with Crippen LogP contribution < -0.4 is 0 Å². The molecule has 1 aliphatic rings. The van der Waals surface area contributed by atoms with E-state index in [0.717, 1.165) is 0 Å². The molecule has 0 unspecified atom stereocenters. The molecular weight excluding hydrogens is 256 g/mol. The second-order valence-electron chi connectivity index (χ2n) is 2.90. The predicted molar refractivity (Wildman–Crippen MR) is 36.2 cm³/mol. The van der Waals surface area contributed by atoms with Crippen LogP contribution >= 0.6 is 0 Å². The summed E-state index contributed by atoms with van der Waals surface area (Å²) in [5.41, 5.74) is -1.47. The molecule has 0 saturated heterocycles. The number of carbonyl (C=O) groups is 2. The zero-order valence-electron chi connectivity index (χ0n) is 6.34. The molecule has 1 rings (SSSR count). The first-order valence-electron chi connectivity index (χ1n) is 3.56. The van der Waals surface area contributed by atoms with Crippen molar-refractivity contribution in [2.24, 2.45) is 5.41 Å². The second kappa shape index (κ2) is 4.07. The number of rotatable bonds is 2. The summed E-state index contributed by atoms with van der Waals surface area (Å²) in [6.07, 6.45) is 1.96. The van der Waals surface area contributed by atoms with E-state index < -0.39 is 17.4 Å². The van der Waals surface area contributed by atoms with E-state index in [4.69, 9.17) is 10.2 Å². The molecule has 0 heterocycles. The number of hydrogen-bond donors (Lipinski definition) is 2. The van der Waals surface area contributed by atoms with Crippen LogP contribution in [0.25, 0.3) is 0 Å². The van der Waals surface area contributed by atoms with Crippen molar-refractivity contribution in [3.63, 3.8) is 0 Å². The summed E-state index contributed by atoms with van der Waals surface area (Å²) < 4.78 is 0. The number of aliphatic carboxylic acids is 2. The summed E-state index contributed by atoms with van der Waals surface area (Å²) in [4.78, 5) is 21.2. The molecule has 0 spiro atoms. The van der Waals surface area contributed by atoms with E-state index in [1.165, 1.54) is 0 Å². The molecule has 1 aliphatic carbocycles. The van der Waals surface area contributed by atoms with Crippen LogP contribution in [0.3, 0.4) is 0 Å². The van der Waals surface area contributed by atoms with Crippen molar-refractivity contribution in [2.45, 2.75) is 25.7 Å². The zero-order valence-corrected chi connectivity index (χ0v) is 7.82. The van der Waals surface area contributed by atoms with E-state index in [9.17, 15) is 9.59 Å². The Morgan fingerprint density at radius 1 is 1.00 bits per heavy atom. The van der Waals surface area contributed by atoms with Gasteiger partial charge in [0.1, 0.15) is 0 Å². The first-order chi connectivity index (χ1) is 5.09. The van der Waals surface area contributed by atoms with Gasteiger partial charge in [-0.3, -0.25) is 9.59 Å². The largest absolute Gasteiger partial charge is 0.480 e. The Morgan fingerprint density at radius 3 is 1.50 bits per heavy atom. The molecule has 0 bridgehead atoms. The van der Waals surface area contributed by atoms with Crippen molar-refractivity contribution >= 4 is 11.9 Å². The van der Waals surface area contributed by atoms with Gasteiger partial charge in [0.25, 0.3) is 0 Å². The van der Waals surface area contributed by atoms with E-state index in [2.05, 4.69) is 0 Å². The van der Waals surface area contributed by atoms with Gasteiger partial charge in [-0.2, -0.15) is 0 Å². The van der Waals surface area contributed by atoms with Gasteiger partial charge in [0.15, 0.2) is 5.41 Å². The van der Waals surface area contributed by atoms with Crippen LogP contribution in [0.15, 0.2) is 0 Å². The van der Waals surface area contributed by atoms with Gasteiger partial charge in [-0.05, 0) is 12.8 Å². The quantitative estimate of drug-likeness (QED) is 0.570. The van der Waals surface area contributed by atoms with Gasteiger partial charge >= 0.3 is 11.9 Å². The Bertz CT molecular complexity index is 180. The fourth-order valence-corrected chi connectivity index (χ4v) is 1.50. The number of hydrogen-bond acceptors (Lipinski definition) is 2. The summed E-state index contributed by atoms with van der Waals surface area (Å²) >= 11 is 0. The standard InChI is InChI=1S/C7H10O4.Ag/c8-5(9)7(6(10)11)3-1-2-4-7;/h1-4H2,(H,8,9)(H,10,11);. The average molecular weight is 266 g/mol. The molecule has 12 heavy (non-hydrogen) atoms.